The van der Waals surface area contributed by atoms with Crippen LogP contribution in [0.4, 0.5) is 13.2 Å². The van der Waals surface area contributed by atoms with Gasteiger partial charge in [-0.3, -0.25) is 0 Å². The summed E-state index contributed by atoms with van der Waals surface area (Å²) >= 11 is 2.49. The van der Waals surface area contributed by atoms with Crippen LogP contribution in [0, 0.1) is 0 Å². The van der Waals surface area contributed by atoms with E-state index in [0.717, 1.165) is 0 Å². The minimum Gasteiger partial charge on any atom is -0.478 e. The number of carboxylic acid groups (broad SMARTS) is 1. The fourth-order valence-corrected chi connectivity index (χ4v) is 0.121. The summed E-state index contributed by atoms with van der Waals surface area (Å²) in [6.45, 7) is 0. The number of hydrogen-bond acceptors (Lipinski definition) is 3. The smallest absolute Gasteiger partial charge is 0.437 e. The number of hydrogen-bond donors (Lipinski definition) is 3. The Hall–Kier alpha value is -0.430. The van der Waals surface area contributed by atoms with Crippen LogP contribution in [0.2, 0.25) is 0 Å². The lowest BCUT2D eigenvalue weighted by Crippen LogP contribution is -2.46. The SMILES string of the molecule is O=C(O)C(O)(S)C(F)(F)F. The van der Waals surface area contributed by atoms with E-state index in [1.54, 1.807) is 0 Å². The van der Waals surface area contributed by atoms with Gasteiger partial charge in [0.15, 0.2) is 0 Å². The minimum absolute atomic E-state index is 2.44. The summed E-state index contributed by atoms with van der Waals surface area (Å²) in [6, 6.07) is 0. The summed E-state index contributed by atoms with van der Waals surface area (Å²) in [5.41, 5.74) is 0. The van der Waals surface area contributed by atoms with Crippen molar-refractivity contribution >= 4 is 18.6 Å². The highest BCUT2D eigenvalue weighted by atomic mass is 32.1. The number of aliphatic carboxylic acids is 1. The number of carbonyl (C=O) groups is 1. The zero-order chi connectivity index (χ0) is 8.58. The maximum atomic E-state index is 11.4. The number of halogens is 3. The molecule has 7 heteroatoms. The topological polar surface area (TPSA) is 57.5 Å². The zero-order valence-electron chi connectivity index (χ0n) is 4.38. The third kappa shape index (κ3) is 1.54. The van der Waals surface area contributed by atoms with Gasteiger partial charge in [-0.1, -0.05) is 0 Å². The van der Waals surface area contributed by atoms with Crippen LogP contribution >= 0.6 is 12.6 Å². The van der Waals surface area contributed by atoms with Gasteiger partial charge in [0, 0.05) is 0 Å². The van der Waals surface area contributed by atoms with E-state index in [1.165, 1.54) is 0 Å². The van der Waals surface area contributed by atoms with E-state index in [1.807, 2.05) is 0 Å². The first-order chi connectivity index (χ1) is 4.19. The molecule has 10 heavy (non-hydrogen) atoms. The van der Waals surface area contributed by atoms with Gasteiger partial charge in [0.25, 0.3) is 0 Å². The predicted molar refractivity (Wildman–Crippen MR) is 27.6 cm³/mol. The Balaban J connectivity index is 4.57. The molecule has 1 atom stereocenters. The number of rotatable bonds is 1. The van der Waals surface area contributed by atoms with Crippen molar-refractivity contribution in [2.24, 2.45) is 0 Å². The van der Waals surface area contributed by atoms with Crippen LogP contribution in [0.5, 0.6) is 0 Å². The molecule has 0 saturated heterocycles. The second kappa shape index (κ2) is 2.31. The standard InChI is InChI=1S/C3H3F3O3S/c4-3(5,6)2(9,10)1(7)8/h9-10H,(H,7,8). The lowest BCUT2D eigenvalue weighted by atomic mass is 10.3. The van der Waals surface area contributed by atoms with E-state index in [2.05, 4.69) is 12.6 Å². The van der Waals surface area contributed by atoms with Gasteiger partial charge in [-0.25, -0.2) is 4.79 Å². The van der Waals surface area contributed by atoms with Crippen LogP contribution < -0.4 is 0 Å². The Morgan fingerprint density at radius 1 is 1.40 bits per heavy atom. The van der Waals surface area contributed by atoms with E-state index >= 15 is 0 Å². The molecule has 0 heterocycles. The molecular weight excluding hydrogens is 173 g/mol. The number of alkyl halides is 3. The summed E-state index contributed by atoms with van der Waals surface area (Å²) in [7, 11) is 0. The Morgan fingerprint density at radius 2 is 1.70 bits per heavy atom. The van der Waals surface area contributed by atoms with E-state index in [4.69, 9.17) is 10.2 Å². The van der Waals surface area contributed by atoms with Crippen LogP contribution in [0.3, 0.4) is 0 Å². The molecule has 0 aliphatic heterocycles. The monoisotopic (exact) mass is 176 g/mol. The maximum absolute atomic E-state index is 11.4. The van der Waals surface area contributed by atoms with Gasteiger partial charge < -0.3 is 10.2 Å². The third-order valence-corrected chi connectivity index (χ3v) is 1.14. The lowest BCUT2D eigenvalue weighted by molar-refractivity contribution is -0.226. The predicted octanol–water partition coefficient (Wildman–Crippen LogP) is 0.252. The zero-order valence-corrected chi connectivity index (χ0v) is 5.28. The first-order valence-electron chi connectivity index (χ1n) is 1.94. The fraction of sp³-hybridized carbons (Fsp3) is 0.667. The normalized spacial score (nSPS) is 18.1. The number of carboxylic acids is 1. The third-order valence-electron chi connectivity index (χ3n) is 0.694. The average molecular weight is 176 g/mol. The molecule has 0 aliphatic carbocycles. The van der Waals surface area contributed by atoms with Crippen molar-refractivity contribution in [1.82, 2.24) is 0 Å². The van der Waals surface area contributed by atoms with Crippen molar-refractivity contribution in [1.29, 1.82) is 0 Å². The fourth-order valence-electron chi connectivity index (χ4n) is 0.121. The molecular formula is C3H3F3O3S. The lowest BCUT2D eigenvalue weighted by Gasteiger charge is -2.19. The first kappa shape index (κ1) is 9.57. The summed E-state index contributed by atoms with van der Waals surface area (Å²) in [6.07, 6.45) is -5.26. The molecule has 0 spiro atoms. The van der Waals surface area contributed by atoms with E-state index in [0.29, 0.717) is 0 Å². The van der Waals surface area contributed by atoms with E-state index < -0.39 is 17.1 Å². The maximum Gasteiger partial charge on any atom is 0.437 e. The van der Waals surface area contributed by atoms with Crippen LogP contribution in [0.25, 0.3) is 0 Å². The Labute approximate surface area is 58.9 Å². The Morgan fingerprint density at radius 3 is 1.70 bits per heavy atom. The van der Waals surface area contributed by atoms with Gasteiger partial charge in [0.2, 0.25) is 0 Å². The van der Waals surface area contributed by atoms with Crippen molar-refractivity contribution in [2.75, 3.05) is 0 Å². The van der Waals surface area contributed by atoms with Gasteiger partial charge in [0.1, 0.15) is 0 Å². The minimum atomic E-state index is -5.26. The largest absolute Gasteiger partial charge is 0.478 e. The highest BCUT2D eigenvalue weighted by Gasteiger charge is 2.57. The molecule has 3 nitrogen and oxygen atoms in total. The molecule has 60 valence electrons. The van der Waals surface area contributed by atoms with Gasteiger partial charge in [-0.2, -0.15) is 13.2 Å². The Kier molecular flexibility index (Phi) is 2.21. The molecule has 0 rings (SSSR count). The van der Waals surface area contributed by atoms with Gasteiger partial charge in [0.05, 0.1) is 0 Å². The molecule has 0 aromatic rings. The van der Waals surface area contributed by atoms with Crippen LogP contribution in [0.15, 0.2) is 0 Å². The molecule has 0 bridgehead atoms. The number of thiol groups is 1. The van der Waals surface area contributed by atoms with Crippen molar-refractivity contribution in [2.45, 2.75) is 11.1 Å². The van der Waals surface area contributed by atoms with Crippen molar-refractivity contribution in [3.63, 3.8) is 0 Å². The summed E-state index contributed by atoms with van der Waals surface area (Å²) in [4.78, 5) is 5.67. The van der Waals surface area contributed by atoms with Gasteiger partial charge in [-0.05, 0) is 0 Å². The second-order valence-corrected chi connectivity index (χ2v) is 2.12. The molecule has 0 aliphatic rings. The summed E-state index contributed by atoms with van der Waals surface area (Å²) < 4.78 is 34.1. The second-order valence-electron chi connectivity index (χ2n) is 1.48. The molecule has 0 aromatic carbocycles. The summed E-state index contributed by atoms with van der Waals surface area (Å²) in [5, 5.41) is 15.8. The summed E-state index contributed by atoms with van der Waals surface area (Å²) in [5.74, 6) is -2.44. The van der Waals surface area contributed by atoms with Crippen molar-refractivity contribution in [3.05, 3.63) is 0 Å². The van der Waals surface area contributed by atoms with Gasteiger partial charge >= 0.3 is 17.1 Å². The van der Waals surface area contributed by atoms with Crippen molar-refractivity contribution in [3.8, 4) is 0 Å². The molecule has 0 fully saturated rings. The molecule has 1 unspecified atom stereocenters. The quantitative estimate of drug-likeness (QED) is 0.396. The molecule has 0 saturated carbocycles. The molecule has 0 aromatic heterocycles. The van der Waals surface area contributed by atoms with E-state index in [-0.39, 0.29) is 0 Å². The van der Waals surface area contributed by atoms with Gasteiger partial charge in [-0.15, -0.1) is 12.6 Å². The van der Waals surface area contributed by atoms with Crippen LogP contribution in [0.1, 0.15) is 0 Å². The first-order valence-corrected chi connectivity index (χ1v) is 2.39. The molecule has 0 amide bonds. The Bertz CT molecular complexity index is 152. The number of aliphatic hydroxyl groups is 1. The van der Waals surface area contributed by atoms with Crippen LogP contribution in [-0.2, 0) is 4.79 Å². The van der Waals surface area contributed by atoms with Crippen molar-refractivity contribution < 1.29 is 28.2 Å². The molecule has 2 N–H and O–H groups in total. The molecule has 0 radical (unpaired) electrons. The highest BCUT2D eigenvalue weighted by Crippen LogP contribution is 2.33. The van der Waals surface area contributed by atoms with Crippen LogP contribution in [-0.4, -0.2) is 27.3 Å². The van der Waals surface area contributed by atoms with E-state index in [9.17, 15) is 18.0 Å². The highest BCUT2D eigenvalue weighted by molar-refractivity contribution is 7.82. The average Bonchev–Trinajstić information content (AvgIpc) is 1.62.